The molecule has 0 spiro atoms. The zero-order valence-electron chi connectivity index (χ0n) is 11.2. The van der Waals surface area contributed by atoms with Crippen molar-refractivity contribution in [3.63, 3.8) is 0 Å². The van der Waals surface area contributed by atoms with Crippen LogP contribution in [-0.2, 0) is 6.61 Å². The topological polar surface area (TPSA) is 38.7 Å². The lowest BCUT2D eigenvalue weighted by Crippen LogP contribution is -2.01. The van der Waals surface area contributed by atoms with Crippen molar-refractivity contribution in [2.24, 2.45) is 0 Å². The molecule has 0 saturated heterocycles. The lowest BCUT2D eigenvalue weighted by atomic mass is 10.2. The van der Waals surface area contributed by atoms with Crippen molar-refractivity contribution in [2.75, 3.05) is 13.2 Å². The molecule has 1 aromatic carbocycles. The van der Waals surface area contributed by atoms with Gasteiger partial charge in [0, 0.05) is 0 Å². The average Bonchev–Trinajstić information content (AvgIpc) is 2.40. The van der Waals surface area contributed by atoms with Gasteiger partial charge in [0.05, 0.1) is 19.8 Å². The molecule has 0 amide bonds. The Balaban J connectivity index is 2.60. The summed E-state index contributed by atoms with van der Waals surface area (Å²) in [4.78, 5) is 0. The molecule has 3 heteroatoms. The van der Waals surface area contributed by atoms with Crippen molar-refractivity contribution in [1.29, 1.82) is 0 Å². The monoisotopic (exact) mass is 250 g/mol. The van der Waals surface area contributed by atoms with Crippen molar-refractivity contribution < 1.29 is 14.6 Å². The van der Waals surface area contributed by atoms with Gasteiger partial charge in [-0.3, -0.25) is 0 Å². The SMILES string of the molecule is CC/C=C\CCOc1ccc(CO)cc1OCC. The fraction of sp³-hybridized carbons (Fsp3) is 0.467. The molecule has 0 aliphatic carbocycles. The minimum Gasteiger partial charge on any atom is -0.490 e. The lowest BCUT2D eigenvalue weighted by Gasteiger charge is -2.12. The third-order valence-electron chi connectivity index (χ3n) is 2.43. The molecule has 0 aliphatic heterocycles. The van der Waals surface area contributed by atoms with Gasteiger partial charge >= 0.3 is 0 Å². The molecule has 3 nitrogen and oxygen atoms in total. The molecule has 1 rings (SSSR count). The minimum atomic E-state index is 0.0135. The van der Waals surface area contributed by atoms with Crippen molar-refractivity contribution in [1.82, 2.24) is 0 Å². The highest BCUT2D eigenvalue weighted by Crippen LogP contribution is 2.28. The van der Waals surface area contributed by atoms with Gasteiger partial charge in [-0.2, -0.15) is 0 Å². The molecule has 0 unspecified atom stereocenters. The summed E-state index contributed by atoms with van der Waals surface area (Å²) >= 11 is 0. The Morgan fingerprint density at radius 1 is 1.11 bits per heavy atom. The second kappa shape index (κ2) is 8.59. The molecule has 0 heterocycles. The highest BCUT2D eigenvalue weighted by Gasteiger charge is 2.05. The van der Waals surface area contributed by atoms with E-state index in [2.05, 4.69) is 19.1 Å². The van der Waals surface area contributed by atoms with Gasteiger partial charge in [0.25, 0.3) is 0 Å². The van der Waals surface area contributed by atoms with E-state index < -0.39 is 0 Å². The van der Waals surface area contributed by atoms with Crippen LogP contribution in [0.1, 0.15) is 32.3 Å². The summed E-state index contributed by atoms with van der Waals surface area (Å²) in [5.74, 6) is 1.43. The number of ether oxygens (including phenoxy) is 2. The number of allylic oxidation sites excluding steroid dienone is 1. The smallest absolute Gasteiger partial charge is 0.161 e. The minimum absolute atomic E-state index is 0.0135. The average molecular weight is 250 g/mol. The number of hydrogen-bond donors (Lipinski definition) is 1. The molecule has 1 N–H and O–H groups in total. The highest BCUT2D eigenvalue weighted by molar-refractivity contribution is 5.42. The number of aliphatic hydroxyl groups is 1. The van der Waals surface area contributed by atoms with Gasteiger partial charge in [-0.05, 0) is 37.5 Å². The maximum absolute atomic E-state index is 9.09. The fourth-order valence-corrected chi connectivity index (χ4v) is 1.56. The predicted octanol–water partition coefficient (Wildman–Crippen LogP) is 3.31. The summed E-state index contributed by atoms with van der Waals surface area (Å²) in [5, 5.41) is 9.09. The van der Waals surface area contributed by atoms with Gasteiger partial charge < -0.3 is 14.6 Å². The van der Waals surface area contributed by atoms with Crippen LogP contribution in [0.4, 0.5) is 0 Å². The Labute approximate surface area is 109 Å². The standard InChI is InChI=1S/C15H22O3/c1-3-5-6-7-10-18-14-9-8-13(12-16)11-15(14)17-4-2/h5-6,8-9,11,16H,3-4,7,10,12H2,1-2H3/b6-5-. The molecular formula is C15H22O3. The predicted molar refractivity (Wildman–Crippen MR) is 73.1 cm³/mol. The summed E-state index contributed by atoms with van der Waals surface area (Å²) < 4.78 is 11.2. The van der Waals surface area contributed by atoms with Gasteiger partial charge in [-0.25, -0.2) is 0 Å². The Bertz CT molecular complexity index is 372. The molecule has 0 saturated carbocycles. The van der Waals surface area contributed by atoms with E-state index in [9.17, 15) is 0 Å². The van der Waals surface area contributed by atoms with E-state index in [4.69, 9.17) is 14.6 Å². The van der Waals surface area contributed by atoms with Crippen LogP contribution in [0.3, 0.4) is 0 Å². The first-order valence-corrected chi connectivity index (χ1v) is 6.46. The van der Waals surface area contributed by atoms with Crippen LogP contribution in [0.2, 0.25) is 0 Å². The van der Waals surface area contributed by atoms with Crippen molar-refractivity contribution >= 4 is 0 Å². The van der Waals surface area contributed by atoms with E-state index in [1.165, 1.54) is 0 Å². The normalized spacial score (nSPS) is 10.8. The quantitative estimate of drug-likeness (QED) is 0.568. The summed E-state index contributed by atoms with van der Waals surface area (Å²) in [6, 6.07) is 5.51. The second-order valence-corrected chi connectivity index (χ2v) is 3.89. The van der Waals surface area contributed by atoms with Crippen LogP contribution in [0, 0.1) is 0 Å². The third-order valence-corrected chi connectivity index (χ3v) is 2.43. The molecule has 0 bridgehead atoms. The first-order valence-electron chi connectivity index (χ1n) is 6.46. The van der Waals surface area contributed by atoms with Crippen LogP contribution < -0.4 is 9.47 Å². The molecule has 0 aromatic heterocycles. The maximum Gasteiger partial charge on any atom is 0.161 e. The van der Waals surface area contributed by atoms with Crippen LogP contribution in [0.5, 0.6) is 11.5 Å². The molecule has 18 heavy (non-hydrogen) atoms. The molecule has 0 radical (unpaired) electrons. The van der Waals surface area contributed by atoms with Gasteiger partial charge in [0.15, 0.2) is 11.5 Å². The van der Waals surface area contributed by atoms with Crippen LogP contribution in [0.25, 0.3) is 0 Å². The van der Waals surface area contributed by atoms with Gasteiger partial charge in [0.1, 0.15) is 0 Å². The van der Waals surface area contributed by atoms with E-state index >= 15 is 0 Å². The summed E-state index contributed by atoms with van der Waals surface area (Å²) in [5.41, 5.74) is 0.830. The summed E-state index contributed by atoms with van der Waals surface area (Å²) in [6.07, 6.45) is 6.18. The number of hydrogen-bond acceptors (Lipinski definition) is 3. The zero-order valence-corrected chi connectivity index (χ0v) is 11.2. The summed E-state index contributed by atoms with van der Waals surface area (Å²) in [7, 11) is 0. The van der Waals surface area contributed by atoms with E-state index in [0.29, 0.717) is 19.0 Å². The van der Waals surface area contributed by atoms with Crippen LogP contribution in [-0.4, -0.2) is 18.3 Å². The number of aliphatic hydroxyl groups excluding tert-OH is 1. The Kier molecular flexibility index (Phi) is 6.96. The molecular weight excluding hydrogens is 228 g/mol. The Morgan fingerprint density at radius 2 is 1.94 bits per heavy atom. The first kappa shape index (κ1) is 14.6. The lowest BCUT2D eigenvalue weighted by molar-refractivity contribution is 0.271. The van der Waals surface area contributed by atoms with Crippen molar-refractivity contribution in [3.8, 4) is 11.5 Å². The molecule has 100 valence electrons. The molecule has 0 atom stereocenters. The number of benzene rings is 1. The van der Waals surface area contributed by atoms with Crippen LogP contribution in [0.15, 0.2) is 30.4 Å². The first-order chi connectivity index (χ1) is 8.81. The number of rotatable bonds is 8. The molecule has 0 aliphatic rings. The largest absolute Gasteiger partial charge is 0.490 e. The molecule has 1 aromatic rings. The highest BCUT2D eigenvalue weighted by atomic mass is 16.5. The zero-order chi connectivity index (χ0) is 13.2. The van der Waals surface area contributed by atoms with E-state index in [-0.39, 0.29) is 6.61 Å². The molecule has 0 fully saturated rings. The summed E-state index contributed by atoms with van der Waals surface area (Å²) in [6.45, 7) is 5.27. The van der Waals surface area contributed by atoms with E-state index in [1.807, 2.05) is 25.1 Å². The third kappa shape index (κ3) is 4.80. The Morgan fingerprint density at radius 3 is 2.61 bits per heavy atom. The Hall–Kier alpha value is -1.48. The van der Waals surface area contributed by atoms with E-state index in [0.717, 1.165) is 24.2 Å². The van der Waals surface area contributed by atoms with Gasteiger partial charge in [0.2, 0.25) is 0 Å². The van der Waals surface area contributed by atoms with E-state index in [1.54, 1.807) is 0 Å². The van der Waals surface area contributed by atoms with Crippen LogP contribution >= 0.6 is 0 Å². The van der Waals surface area contributed by atoms with Gasteiger partial charge in [-0.1, -0.05) is 25.1 Å². The maximum atomic E-state index is 9.09. The van der Waals surface area contributed by atoms with Crippen molar-refractivity contribution in [3.05, 3.63) is 35.9 Å². The fourth-order valence-electron chi connectivity index (χ4n) is 1.56. The van der Waals surface area contributed by atoms with Crippen molar-refractivity contribution in [2.45, 2.75) is 33.3 Å². The van der Waals surface area contributed by atoms with Gasteiger partial charge in [-0.15, -0.1) is 0 Å². The second-order valence-electron chi connectivity index (χ2n) is 3.89.